The molecular formula is C13H17N3O2. The zero-order chi connectivity index (χ0) is 13.3. The molecule has 0 N–H and O–H groups in total. The molecule has 0 atom stereocenters. The third kappa shape index (κ3) is 2.03. The van der Waals surface area contributed by atoms with E-state index in [0.29, 0.717) is 11.5 Å². The minimum absolute atomic E-state index is 0.0750. The van der Waals surface area contributed by atoms with E-state index >= 15 is 0 Å². The van der Waals surface area contributed by atoms with Crippen LogP contribution in [-0.4, -0.2) is 35.6 Å². The molecule has 2 rings (SSSR count). The quantitative estimate of drug-likeness (QED) is 0.699. The van der Waals surface area contributed by atoms with E-state index in [1.165, 1.54) is 5.01 Å². The van der Waals surface area contributed by atoms with E-state index in [1.54, 1.807) is 25.5 Å². The molecule has 0 aromatic heterocycles. The van der Waals surface area contributed by atoms with Crippen molar-refractivity contribution in [1.82, 2.24) is 9.91 Å². The molecule has 0 radical (unpaired) electrons. The van der Waals surface area contributed by atoms with E-state index < -0.39 is 0 Å². The lowest BCUT2D eigenvalue weighted by atomic mass is 10.1. The van der Waals surface area contributed by atoms with Gasteiger partial charge in [0.1, 0.15) is 6.26 Å². The summed E-state index contributed by atoms with van der Waals surface area (Å²) in [5, 5.41) is 5.55. The zero-order valence-corrected chi connectivity index (χ0v) is 11.1. The maximum atomic E-state index is 11.9. The van der Waals surface area contributed by atoms with Gasteiger partial charge in [-0.25, -0.2) is 5.01 Å². The topological polar surface area (TPSA) is 45.1 Å². The van der Waals surface area contributed by atoms with E-state index in [1.807, 2.05) is 25.8 Å². The first-order valence-electron chi connectivity index (χ1n) is 5.89. The van der Waals surface area contributed by atoms with Crippen molar-refractivity contribution < 1.29 is 9.53 Å². The van der Waals surface area contributed by atoms with Crippen LogP contribution in [0.2, 0.25) is 0 Å². The highest BCUT2D eigenvalue weighted by atomic mass is 16.5. The summed E-state index contributed by atoms with van der Waals surface area (Å²) in [5.74, 6) is 0.631. The van der Waals surface area contributed by atoms with E-state index in [4.69, 9.17) is 4.74 Å². The van der Waals surface area contributed by atoms with Gasteiger partial charge in [0.25, 0.3) is 5.91 Å². The first-order chi connectivity index (χ1) is 8.54. The minimum atomic E-state index is -0.0750. The largest absolute Gasteiger partial charge is 0.447 e. The Kier molecular flexibility index (Phi) is 3.23. The fourth-order valence-electron chi connectivity index (χ4n) is 1.79. The number of allylic oxidation sites excluding steroid dienone is 3. The lowest BCUT2D eigenvalue weighted by molar-refractivity contribution is -0.124. The van der Waals surface area contributed by atoms with E-state index in [2.05, 4.69) is 5.10 Å². The number of hydrogen-bond donors (Lipinski definition) is 0. The Hall–Kier alpha value is -2.04. The molecule has 2 aliphatic rings. The number of rotatable bonds is 2. The zero-order valence-electron chi connectivity index (χ0n) is 11.1. The monoisotopic (exact) mass is 247 g/mol. The number of likely N-dealkylation sites (N-methyl/N-ethyl adjacent to an activating group) is 1. The van der Waals surface area contributed by atoms with Gasteiger partial charge in [0.15, 0.2) is 5.88 Å². The van der Waals surface area contributed by atoms with Crippen molar-refractivity contribution in [3.8, 4) is 0 Å². The summed E-state index contributed by atoms with van der Waals surface area (Å²) in [5.41, 5.74) is 2.47. The predicted octanol–water partition coefficient (Wildman–Crippen LogP) is 1.82. The third-order valence-corrected chi connectivity index (χ3v) is 3.04. The summed E-state index contributed by atoms with van der Waals surface area (Å²) in [7, 11) is 3.58. The predicted molar refractivity (Wildman–Crippen MR) is 69.3 cm³/mol. The maximum absolute atomic E-state index is 11.9. The van der Waals surface area contributed by atoms with Gasteiger partial charge in [-0.3, -0.25) is 4.79 Å². The standard InChI is InChI=1S/C13H17N3O2/c1-5-11-10(13(17)16(4)14-11)6-7-12-15(3)9(2)8-18-12/h6-8H,5H2,1-4H3/b10-6+,12-7+. The summed E-state index contributed by atoms with van der Waals surface area (Å²) in [6.07, 6.45) is 5.98. The van der Waals surface area contributed by atoms with Crippen LogP contribution in [0, 0.1) is 0 Å². The van der Waals surface area contributed by atoms with Crippen molar-refractivity contribution in [3.63, 3.8) is 0 Å². The SMILES string of the molecule is CCC1=NN(C)C(=O)/C1=C/C=C1/OC=C(C)N1C. The van der Waals surface area contributed by atoms with E-state index in [-0.39, 0.29) is 5.91 Å². The highest BCUT2D eigenvalue weighted by molar-refractivity contribution is 6.24. The van der Waals surface area contributed by atoms with Crippen LogP contribution in [0.4, 0.5) is 0 Å². The van der Waals surface area contributed by atoms with Gasteiger partial charge in [0.05, 0.1) is 17.0 Å². The summed E-state index contributed by atoms with van der Waals surface area (Å²) in [6, 6.07) is 0. The van der Waals surface area contributed by atoms with Gasteiger partial charge in [0, 0.05) is 14.1 Å². The van der Waals surface area contributed by atoms with Gasteiger partial charge < -0.3 is 9.64 Å². The molecule has 5 nitrogen and oxygen atoms in total. The Labute approximate surface area is 107 Å². The molecule has 0 unspecified atom stereocenters. The Balaban J connectivity index is 2.22. The van der Waals surface area contributed by atoms with Crippen molar-refractivity contribution in [3.05, 3.63) is 35.6 Å². The van der Waals surface area contributed by atoms with Gasteiger partial charge in [-0.1, -0.05) is 6.92 Å². The van der Waals surface area contributed by atoms with Crippen LogP contribution < -0.4 is 0 Å². The van der Waals surface area contributed by atoms with Gasteiger partial charge in [0.2, 0.25) is 0 Å². The van der Waals surface area contributed by atoms with Gasteiger partial charge in [-0.2, -0.15) is 5.10 Å². The number of carbonyl (C=O) groups excluding carboxylic acids is 1. The minimum Gasteiger partial charge on any atom is -0.447 e. The molecule has 0 aliphatic carbocycles. The Morgan fingerprint density at radius 1 is 1.39 bits per heavy atom. The number of nitrogens with zero attached hydrogens (tertiary/aromatic N) is 3. The van der Waals surface area contributed by atoms with Gasteiger partial charge in [-0.15, -0.1) is 0 Å². The highest BCUT2D eigenvalue weighted by Crippen LogP contribution is 2.21. The lowest BCUT2D eigenvalue weighted by Crippen LogP contribution is -2.17. The molecule has 0 saturated carbocycles. The average molecular weight is 247 g/mol. The van der Waals surface area contributed by atoms with Crippen LogP contribution in [0.1, 0.15) is 20.3 Å². The summed E-state index contributed by atoms with van der Waals surface area (Å²) < 4.78 is 5.38. The molecule has 0 bridgehead atoms. The first-order valence-corrected chi connectivity index (χ1v) is 5.89. The molecule has 18 heavy (non-hydrogen) atoms. The Bertz CT molecular complexity index is 500. The third-order valence-electron chi connectivity index (χ3n) is 3.04. The smallest absolute Gasteiger partial charge is 0.275 e. The molecule has 2 heterocycles. The molecule has 2 aliphatic heterocycles. The van der Waals surface area contributed by atoms with Crippen molar-refractivity contribution in [2.75, 3.05) is 14.1 Å². The fourth-order valence-corrected chi connectivity index (χ4v) is 1.79. The molecule has 0 spiro atoms. The van der Waals surface area contributed by atoms with E-state index in [0.717, 1.165) is 17.8 Å². The second kappa shape index (κ2) is 4.68. The molecule has 96 valence electrons. The number of amides is 1. The number of ether oxygens (including phenoxy) is 1. The van der Waals surface area contributed by atoms with Crippen molar-refractivity contribution in [2.45, 2.75) is 20.3 Å². The normalized spacial score (nSPS) is 23.9. The number of carbonyl (C=O) groups is 1. The first kappa shape index (κ1) is 12.4. The number of hydrazone groups is 1. The van der Waals surface area contributed by atoms with Gasteiger partial charge >= 0.3 is 0 Å². The molecular weight excluding hydrogens is 230 g/mol. The molecule has 0 saturated heterocycles. The second-order valence-electron chi connectivity index (χ2n) is 4.25. The molecule has 0 aromatic rings. The number of hydrogen-bond acceptors (Lipinski definition) is 4. The molecule has 0 fully saturated rings. The summed E-state index contributed by atoms with van der Waals surface area (Å²) in [4.78, 5) is 13.8. The van der Waals surface area contributed by atoms with E-state index in [9.17, 15) is 4.79 Å². The van der Waals surface area contributed by atoms with Gasteiger partial charge in [-0.05, 0) is 25.5 Å². The Morgan fingerprint density at radius 3 is 2.67 bits per heavy atom. The molecule has 0 aromatic carbocycles. The Morgan fingerprint density at radius 2 is 2.11 bits per heavy atom. The van der Waals surface area contributed by atoms with Crippen LogP contribution in [0.5, 0.6) is 0 Å². The molecule has 5 heteroatoms. The van der Waals surface area contributed by atoms with Crippen LogP contribution in [0.25, 0.3) is 0 Å². The maximum Gasteiger partial charge on any atom is 0.275 e. The lowest BCUT2D eigenvalue weighted by Gasteiger charge is -2.11. The van der Waals surface area contributed by atoms with Crippen molar-refractivity contribution >= 4 is 11.6 Å². The molecule has 1 amide bonds. The second-order valence-corrected chi connectivity index (χ2v) is 4.25. The van der Waals surface area contributed by atoms with Crippen LogP contribution in [-0.2, 0) is 9.53 Å². The van der Waals surface area contributed by atoms with Crippen LogP contribution >= 0.6 is 0 Å². The highest BCUT2D eigenvalue weighted by Gasteiger charge is 2.25. The summed E-state index contributed by atoms with van der Waals surface area (Å²) >= 11 is 0. The fraction of sp³-hybridized carbons (Fsp3) is 0.385. The van der Waals surface area contributed by atoms with Crippen LogP contribution in [0.3, 0.4) is 0 Å². The summed E-state index contributed by atoms with van der Waals surface area (Å²) in [6.45, 7) is 3.94. The van der Waals surface area contributed by atoms with Crippen molar-refractivity contribution in [1.29, 1.82) is 0 Å². The van der Waals surface area contributed by atoms with Crippen molar-refractivity contribution in [2.24, 2.45) is 5.10 Å². The average Bonchev–Trinajstić information content (AvgIpc) is 2.81. The van der Waals surface area contributed by atoms with Crippen LogP contribution in [0.15, 0.2) is 40.7 Å².